The molecule has 0 aliphatic heterocycles. The van der Waals surface area contributed by atoms with Gasteiger partial charge in [0.05, 0.1) is 40.9 Å². The van der Waals surface area contributed by atoms with Gasteiger partial charge in [-0.05, 0) is 53.6 Å². The van der Waals surface area contributed by atoms with Crippen LogP contribution in [0.2, 0.25) is 0 Å². The van der Waals surface area contributed by atoms with E-state index in [0.717, 1.165) is 49.7 Å². The van der Waals surface area contributed by atoms with Crippen molar-refractivity contribution in [1.82, 2.24) is 19.5 Å². The van der Waals surface area contributed by atoms with Gasteiger partial charge in [-0.3, -0.25) is 0 Å². The Kier molecular flexibility index (Phi) is 7.16. The number of hydrogen-bond acceptors (Lipinski definition) is 5. The van der Waals surface area contributed by atoms with Crippen LogP contribution in [0.15, 0.2) is 140 Å². The zero-order valence-electron chi connectivity index (χ0n) is 25.9. The highest BCUT2D eigenvalue weighted by atomic mass is 15.0. The molecule has 7 nitrogen and oxygen atoms in total. The third-order valence-corrected chi connectivity index (χ3v) is 8.55. The van der Waals surface area contributed by atoms with Crippen LogP contribution in [0.3, 0.4) is 0 Å². The van der Waals surface area contributed by atoms with Gasteiger partial charge >= 0.3 is 0 Å². The lowest BCUT2D eigenvalue weighted by atomic mass is 9.97. The van der Waals surface area contributed by atoms with E-state index in [0.29, 0.717) is 39.9 Å². The highest BCUT2D eigenvalue weighted by molar-refractivity contribution is 6.10. The fourth-order valence-corrected chi connectivity index (χ4v) is 6.25. The van der Waals surface area contributed by atoms with Gasteiger partial charge < -0.3 is 4.57 Å². The maximum atomic E-state index is 9.84. The van der Waals surface area contributed by atoms with Crippen LogP contribution in [0.1, 0.15) is 11.1 Å². The third-order valence-electron chi connectivity index (χ3n) is 8.55. The van der Waals surface area contributed by atoms with Crippen molar-refractivity contribution in [2.45, 2.75) is 0 Å². The minimum absolute atomic E-state index is 0.417. The lowest BCUT2D eigenvalue weighted by molar-refractivity contribution is 1.07. The summed E-state index contributed by atoms with van der Waals surface area (Å²) >= 11 is 0. The summed E-state index contributed by atoms with van der Waals surface area (Å²) in [5.74, 6) is 1.49. The second-order valence-electron chi connectivity index (χ2n) is 11.4. The van der Waals surface area contributed by atoms with Gasteiger partial charge in [-0.2, -0.15) is 10.5 Å². The molecule has 7 heteroatoms. The van der Waals surface area contributed by atoms with E-state index in [4.69, 9.17) is 21.5 Å². The van der Waals surface area contributed by atoms with Crippen molar-refractivity contribution in [2.24, 2.45) is 0 Å². The summed E-state index contributed by atoms with van der Waals surface area (Å²) < 4.78 is 2.15. The van der Waals surface area contributed by atoms with E-state index in [1.165, 1.54) is 0 Å². The Hall–Kier alpha value is -7.40. The average molecular weight is 626 g/mol. The van der Waals surface area contributed by atoms with Gasteiger partial charge in [-0.15, -0.1) is 0 Å². The van der Waals surface area contributed by atoms with Crippen molar-refractivity contribution in [3.8, 4) is 63.1 Å². The molecule has 0 fully saturated rings. The summed E-state index contributed by atoms with van der Waals surface area (Å²) in [5.41, 5.74) is 8.05. The monoisotopic (exact) mass is 625 g/mol. The molecule has 0 unspecified atom stereocenters. The van der Waals surface area contributed by atoms with Crippen molar-refractivity contribution in [1.29, 1.82) is 10.5 Å². The largest absolute Gasteiger partial charge is 0.311 e. The van der Waals surface area contributed by atoms with Gasteiger partial charge in [-0.1, -0.05) is 97.1 Å². The molecular formula is C42H23N7. The summed E-state index contributed by atoms with van der Waals surface area (Å²) in [5, 5.41) is 21.2. The number of para-hydroxylation sites is 1. The highest BCUT2D eigenvalue weighted by Gasteiger charge is 2.18. The molecule has 0 saturated carbocycles. The van der Waals surface area contributed by atoms with E-state index >= 15 is 0 Å². The lowest BCUT2D eigenvalue weighted by Gasteiger charge is -2.12. The number of hydrogen-bond donors (Lipinski definition) is 0. The van der Waals surface area contributed by atoms with E-state index in [2.05, 4.69) is 39.7 Å². The van der Waals surface area contributed by atoms with E-state index in [1.54, 1.807) is 12.1 Å². The van der Waals surface area contributed by atoms with Crippen LogP contribution in [0.5, 0.6) is 0 Å². The van der Waals surface area contributed by atoms with Crippen LogP contribution >= 0.6 is 0 Å². The fraction of sp³-hybridized carbons (Fsp3) is 0. The van der Waals surface area contributed by atoms with Crippen molar-refractivity contribution >= 4 is 27.5 Å². The minimum Gasteiger partial charge on any atom is -0.311 e. The van der Waals surface area contributed by atoms with E-state index in [-0.39, 0.29) is 0 Å². The van der Waals surface area contributed by atoms with Crippen molar-refractivity contribution in [3.05, 3.63) is 162 Å². The molecule has 8 aromatic rings. The Balaban J connectivity index is 1.29. The molecule has 0 bridgehead atoms. The van der Waals surface area contributed by atoms with Gasteiger partial charge in [-0.25, -0.2) is 19.8 Å². The summed E-state index contributed by atoms with van der Waals surface area (Å²) in [7, 11) is 0. The Morgan fingerprint density at radius 1 is 0.531 bits per heavy atom. The first-order chi connectivity index (χ1) is 24.1. The molecule has 49 heavy (non-hydrogen) atoms. The summed E-state index contributed by atoms with van der Waals surface area (Å²) in [6.07, 6.45) is 0. The van der Waals surface area contributed by atoms with Gasteiger partial charge in [0.25, 0.3) is 0 Å². The Labute approximate surface area is 282 Å². The molecule has 226 valence electrons. The second-order valence-corrected chi connectivity index (χ2v) is 11.4. The van der Waals surface area contributed by atoms with Crippen LogP contribution in [-0.4, -0.2) is 19.5 Å². The van der Waals surface area contributed by atoms with E-state index in [1.807, 2.05) is 109 Å². The fourth-order valence-electron chi connectivity index (χ4n) is 6.25. The van der Waals surface area contributed by atoms with Gasteiger partial charge in [0, 0.05) is 33.2 Å². The Morgan fingerprint density at radius 3 is 1.84 bits per heavy atom. The number of fused-ring (bicyclic) bond motifs is 3. The predicted octanol–water partition coefficient (Wildman–Crippen LogP) is 9.93. The molecule has 2 aromatic heterocycles. The number of benzene rings is 6. The van der Waals surface area contributed by atoms with Gasteiger partial charge in [0.2, 0.25) is 0 Å². The first-order valence-electron chi connectivity index (χ1n) is 15.5. The quantitative estimate of drug-likeness (QED) is 0.177. The van der Waals surface area contributed by atoms with Gasteiger partial charge in [0.15, 0.2) is 23.2 Å². The molecule has 0 amide bonds. The molecule has 0 atom stereocenters. The maximum absolute atomic E-state index is 9.84. The maximum Gasteiger partial charge on any atom is 0.200 e. The lowest BCUT2D eigenvalue weighted by Crippen LogP contribution is -2.01. The van der Waals surface area contributed by atoms with Gasteiger partial charge in [0.1, 0.15) is 0 Å². The molecule has 2 heterocycles. The topological polar surface area (TPSA) is 95.5 Å². The smallest absolute Gasteiger partial charge is 0.200 e. The first kappa shape index (κ1) is 29.0. The average Bonchev–Trinajstić information content (AvgIpc) is 3.51. The molecule has 8 rings (SSSR count). The Bertz CT molecular complexity index is 2630. The molecule has 0 radical (unpaired) electrons. The summed E-state index contributed by atoms with van der Waals surface area (Å²) in [6.45, 7) is 8.21. The van der Waals surface area contributed by atoms with Crippen LogP contribution in [0.4, 0.5) is 5.69 Å². The van der Waals surface area contributed by atoms with Crippen LogP contribution in [0.25, 0.3) is 77.6 Å². The second kappa shape index (κ2) is 12.1. The SMILES string of the molecule is [C-]#[N+]c1cc(-n2c3ccccc3c3cc(-c4ccc(C#N)cc4C#N)ccc32)ccc1-c1nc(-c2ccccc2)nc(-c2ccccc2)n1. The zero-order chi connectivity index (χ0) is 33.3. The molecule has 0 aliphatic carbocycles. The van der Waals surface area contributed by atoms with Crippen molar-refractivity contribution in [3.63, 3.8) is 0 Å². The molecule has 0 saturated heterocycles. The Morgan fingerprint density at radius 2 is 1.16 bits per heavy atom. The highest BCUT2D eigenvalue weighted by Crippen LogP contribution is 2.38. The van der Waals surface area contributed by atoms with Crippen molar-refractivity contribution < 1.29 is 0 Å². The molecule has 0 aliphatic rings. The minimum atomic E-state index is 0.417. The molecular weight excluding hydrogens is 603 g/mol. The number of nitrogens with zero attached hydrogens (tertiary/aromatic N) is 7. The first-order valence-corrected chi connectivity index (χ1v) is 15.5. The molecule has 0 spiro atoms. The molecule has 6 aromatic carbocycles. The predicted molar refractivity (Wildman–Crippen MR) is 192 cm³/mol. The number of aromatic nitrogens is 4. The molecule has 0 N–H and O–H groups in total. The van der Waals surface area contributed by atoms with Crippen LogP contribution in [0, 0.1) is 29.2 Å². The number of rotatable bonds is 5. The third kappa shape index (κ3) is 5.13. The van der Waals surface area contributed by atoms with Crippen LogP contribution in [-0.2, 0) is 0 Å². The van der Waals surface area contributed by atoms with Crippen LogP contribution < -0.4 is 0 Å². The van der Waals surface area contributed by atoms with E-state index in [9.17, 15) is 10.5 Å². The van der Waals surface area contributed by atoms with Crippen molar-refractivity contribution in [2.75, 3.05) is 0 Å². The van der Waals surface area contributed by atoms with E-state index < -0.39 is 0 Å². The zero-order valence-corrected chi connectivity index (χ0v) is 25.9. The standard InChI is InChI=1S/C42H23N7/c1-45-37-24-32(18-20-35(37)42-47-40(28-10-4-2-5-11-28)46-41(48-42)29-12-6-3-7-13-29)49-38-15-9-8-14-34(38)36-23-30(17-21-39(36)49)33-19-16-27(25-43)22-31(33)26-44/h2-24H. The normalized spacial score (nSPS) is 10.8. The summed E-state index contributed by atoms with van der Waals surface area (Å²) in [4.78, 5) is 18.4. The summed E-state index contributed by atoms with van der Waals surface area (Å²) in [6, 6.07) is 49.1. The number of nitriles is 2.